The Morgan fingerprint density at radius 2 is 2.00 bits per heavy atom. The SMILES string of the molecule is CC(C)CNCc1nc(CN(C)C2CCCCCC2)cs1. The molecule has 1 N–H and O–H groups in total. The summed E-state index contributed by atoms with van der Waals surface area (Å²) < 4.78 is 0. The molecule has 120 valence electrons. The summed E-state index contributed by atoms with van der Waals surface area (Å²) in [6, 6.07) is 0.761. The molecular weight excluding hydrogens is 278 g/mol. The van der Waals surface area contributed by atoms with Crippen molar-refractivity contribution in [3.8, 4) is 0 Å². The highest BCUT2D eigenvalue weighted by Gasteiger charge is 2.17. The van der Waals surface area contributed by atoms with E-state index in [4.69, 9.17) is 4.98 Å². The monoisotopic (exact) mass is 309 g/mol. The number of nitrogens with one attached hydrogen (secondary N) is 1. The minimum Gasteiger partial charge on any atom is -0.310 e. The summed E-state index contributed by atoms with van der Waals surface area (Å²) in [5, 5.41) is 6.93. The quantitative estimate of drug-likeness (QED) is 0.770. The molecule has 0 atom stereocenters. The standard InChI is InChI=1S/C17H31N3S/c1-14(2)10-18-11-17-19-15(13-21-17)12-20(3)16-8-6-4-5-7-9-16/h13-14,16,18H,4-12H2,1-3H3. The Bertz CT molecular complexity index is 394. The molecule has 0 aromatic carbocycles. The summed E-state index contributed by atoms with van der Waals surface area (Å²) >= 11 is 1.79. The van der Waals surface area contributed by atoms with Crippen molar-refractivity contribution < 1.29 is 0 Å². The first-order valence-electron chi connectivity index (χ1n) is 8.49. The summed E-state index contributed by atoms with van der Waals surface area (Å²) in [4.78, 5) is 7.30. The lowest BCUT2D eigenvalue weighted by Crippen LogP contribution is -2.30. The van der Waals surface area contributed by atoms with Crippen LogP contribution in [0.3, 0.4) is 0 Å². The molecule has 1 heterocycles. The molecule has 0 radical (unpaired) electrons. The Morgan fingerprint density at radius 1 is 1.29 bits per heavy atom. The fourth-order valence-electron chi connectivity index (χ4n) is 3.05. The highest BCUT2D eigenvalue weighted by molar-refractivity contribution is 7.09. The third-order valence-corrected chi connectivity index (χ3v) is 5.19. The first-order valence-corrected chi connectivity index (χ1v) is 9.37. The molecular formula is C17H31N3S. The molecule has 1 fully saturated rings. The Hall–Kier alpha value is -0.450. The fraction of sp³-hybridized carbons (Fsp3) is 0.824. The van der Waals surface area contributed by atoms with Crippen molar-refractivity contribution in [3.05, 3.63) is 16.1 Å². The Morgan fingerprint density at radius 3 is 2.67 bits per heavy atom. The van der Waals surface area contributed by atoms with Gasteiger partial charge in [-0.3, -0.25) is 4.90 Å². The van der Waals surface area contributed by atoms with E-state index in [1.54, 1.807) is 11.3 Å². The zero-order valence-corrected chi connectivity index (χ0v) is 14.7. The maximum absolute atomic E-state index is 4.78. The second-order valence-electron chi connectivity index (χ2n) is 6.82. The molecule has 0 aliphatic heterocycles. The maximum atomic E-state index is 4.78. The fourth-order valence-corrected chi connectivity index (χ4v) is 3.81. The molecule has 3 nitrogen and oxygen atoms in total. The van der Waals surface area contributed by atoms with E-state index in [9.17, 15) is 0 Å². The van der Waals surface area contributed by atoms with Crippen LogP contribution in [0.5, 0.6) is 0 Å². The van der Waals surface area contributed by atoms with Crippen LogP contribution in [-0.4, -0.2) is 29.5 Å². The van der Waals surface area contributed by atoms with Crippen molar-refractivity contribution >= 4 is 11.3 Å². The van der Waals surface area contributed by atoms with Crippen LogP contribution in [-0.2, 0) is 13.1 Å². The van der Waals surface area contributed by atoms with Crippen LogP contribution >= 0.6 is 11.3 Å². The summed E-state index contributed by atoms with van der Waals surface area (Å²) in [5.74, 6) is 0.700. The largest absolute Gasteiger partial charge is 0.310 e. The van der Waals surface area contributed by atoms with E-state index in [0.29, 0.717) is 5.92 Å². The number of rotatable bonds is 7. The zero-order valence-electron chi connectivity index (χ0n) is 13.9. The van der Waals surface area contributed by atoms with Gasteiger partial charge in [0.05, 0.1) is 5.69 Å². The van der Waals surface area contributed by atoms with Crippen molar-refractivity contribution in [2.45, 2.75) is 71.5 Å². The summed E-state index contributed by atoms with van der Waals surface area (Å²) in [6.07, 6.45) is 8.37. The minimum absolute atomic E-state index is 0.700. The van der Waals surface area contributed by atoms with Crippen LogP contribution in [0.15, 0.2) is 5.38 Å². The lowest BCUT2D eigenvalue weighted by molar-refractivity contribution is 0.211. The molecule has 1 aromatic heterocycles. The second-order valence-corrected chi connectivity index (χ2v) is 7.76. The normalized spacial score (nSPS) is 17.6. The van der Waals surface area contributed by atoms with E-state index in [1.807, 2.05) is 0 Å². The average Bonchev–Trinajstić information content (AvgIpc) is 2.72. The number of thiazole rings is 1. The van der Waals surface area contributed by atoms with Crippen LogP contribution in [0.25, 0.3) is 0 Å². The van der Waals surface area contributed by atoms with Crippen LogP contribution in [0.2, 0.25) is 0 Å². The molecule has 1 aliphatic carbocycles. The third-order valence-electron chi connectivity index (χ3n) is 4.29. The number of aromatic nitrogens is 1. The van der Waals surface area contributed by atoms with Gasteiger partial charge in [0, 0.05) is 24.5 Å². The van der Waals surface area contributed by atoms with E-state index in [-0.39, 0.29) is 0 Å². The molecule has 1 aromatic rings. The first kappa shape index (κ1) is 16.9. The average molecular weight is 310 g/mol. The lowest BCUT2D eigenvalue weighted by atomic mass is 10.1. The Labute approximate surface area is 134 Å². The molecule has 21 heavy (non-hydrogen) atoms. The van der Waals surface area contributed by atoms with Crippen molar-refractivity contribution in [1.82, 2.24) is 15.2 Å². The molecule has 2 rings (SSSR count). The predicted molar refractivity (Wildman–Crippen MR) is 91.6 cm³/mol. The smallest absolute Gasteiger partial charge is 0.107 e. The van der Waals surface area contributed by atoms with Crippen molar-refractivity contribution in [2.75, 3.05) is 13.6 Å². The van der Waals surface area contributed by atoms with E-state index in [0.717, 1.165) is 25.7 Å². The van der Waals surface area contributed by atoms with E-state index >= 15 is 0 Å². The molecule has 0 amide bonds. The van der Waals surface area contributed by atoms with Gasteiger partial charge in [0.1, 0.15) is 5.01 Å². The van der Waals surface area contributed by atoms with Crippen LogP contribution in [0.1, 0.15) is 63.1 Å². The van der Waals surface area contributed by atoms with Crippen LogP contribution in [0, 0.1) is 5.92 Å². The number of hydrogen-bond acceptors (Lipinski definition) is 4. The van der Waals surface area contributed by atoms with Crippen LogP contribution < -0.4 is 5.32 Å². The Kier molecular flexibility index (Phi) is 7.14. The van der Waals surface area contributed by atoms with Gasteiger partial charge in [-0.1, -0.05) is 39.5 Å². The minimum atomic E-state index is 0.700. The first-order chi connectivity index (χ1) is 10.1. The van der Waals surface area contributed by atoms with Gasteiger partial charge in [-0.15, -0.1) is 11.3 Å². The maximum Gasteiger partial charge on any atom is 0.107 e. The molecule has 0 unspecified atom stereocenters. The molecule has 0 bridgehead atoms. The van der Waals surface area contributed by atoms with Gasteiger partial charge in [0.2, 0.25) is 0 Å². The van der Waals surface area contributed by atoms with Gasteiger partial charge < -0.3 is 5.32 Å². The van der Waals surface area contributed by atoms with Crippen molar-refractivity contribution in [2.24, 2.45) is 5.92 Å². The van der Waals surface area contributed by atoms with Gasteiger partial charge in [0.15, 0.2) is 0 Å². The topological polar surface area (TPSA) is 28.2 Å². The van der Waals surface area contributed by atoms with Crippen molar-refractivity contribution in [3.63, 3.8) is 0 Å². The summed E-state index contributed by atoms with van der Waals surface area (Å²) in [5.41, 5.74) is 1.24. The number of hydrogen-bond donors (Lipinski definition) is 1. The van der Waals surface area contributed by atoms with Gasteiger partial charge in [-0.25, -0.2) is 4.98 Å². The van der Waals surface area contributed by atoms with Crippen molar-refractivity contribution in [1.29, 1.82) is 0 Å². The van der Waals surface area contributed by atoms with E-state index < -0.39 is 0 Å². The predicted octanol–water partition coefficient (Wildman–Crippen LogP) is 4.04. The molecule has 4 heteroatoms. The Balaban J connectivity index is 1.78. The van der Waals surface area contributed by atoms with Crippen LogP contribution in [0.4, 0.5) is 0 Å². The van der Waals surface area contributed by atoms with Gasteiger partial charge in [-0.2, -0.15) is 0 Å². The van der Waals surface area contributed by atoms with E-state index in [2.05, 4.69) is 36.5 Å². The molecule has 0 spiro atoms. The third kappa shape index (κ3) is 6.05. The second kappa shape index (κ2) is 8.86. The zero-order chi connectivity index (χ0) is 15.1. The number of nitrogens with zero attached hydrogens (tertiary/aromatic N) is 2. The van der Waals surface area contributed by atoms with Gasteiger partial charge in [0.25, 0.3) is 0 Å². The van der Waals surface area contributed by atoms with E-state index in [1.165, 1.54) is 49.2 Å². The van der Waals surface area contributed by atoms with Gasteiger partial charge in [-0.05, 0) is 32.4 Å². The highest BCUT2D eigenvalue weighted by atomic mass is 32.1. The lowest BCUT2D eigenvalue weighted by Gasteiger charge is -2.26. The molecule has 0 saturated heterocycles. The summed E-state index contributed by atoms with van der Waals surface area (Å²) in [6.45, 7) is 7.46. The van der Waals surface area contributed by atoms with Gasteiger partial charge >= 0.3 is 0 Å². The highest BCUT2D eigenvalue weighted by Crippen LogP contribution is 2.22. The summed E-state index contributed by atoms with van der Waals surface area (Å²) in [7, 11) is 2.27. The molecule has 1 aliphatic rings. The molecule has 1 saturated carbocycles.